The third-order valence-corrected chi connectivity index (χ3v) is 7.04. The minimum atomic E-state index is -0.802. The number of rotatable bonds is 10. The molecule has 0 aromatic heterocycles. The Bertz CT molecular complexity index is 1730. The van der Waals surface area contributed by atoms with Gasteiger partial charge in [0.25, 0.3) is 16.8 Å². The molecule has 5 rings (SSSR count). The van der Waals surface area contributed by atoms with Crippen molar-refractivity contribution in [2.45, 2.75) is 6.92 Å². The number of imide groups is 1. The maximum absolute atomic E-state index is 13.0. The van der Waals surface area contributed by atoms with Crippen molar-refractivity contribution in [1.29, 1.82) is 0 Å². The third kappa shape index (κ3) is 6.54. The molecule has 44 heavy (non-hydrogen) atoms. The summed E-state index contributed by atoms with van der Waals surface area (Å²) in [6.45, 7) is 2.17. The SMILES string of the molecule is CCOc1cc(/C=C2/SC(=O)N(CC(=O)Nc3ccc4c(c3)OCCO4)C2=O)ccc1Oc1ccc([N+](=O)[O-])cc1[N+](=O)[O-]. The van der Waals surface area contributed by atoms with Crippen LogP contribution in [0, 0.1) is 20.2 Å². The number of hydrogen-bond acceptors (Lipinski definition) is 12. The molecule has 226 valence electrons. The van der Waals surface area contributed by atoms with E-state index < -0.39 is 44.8 Å². The van der Waals surface area contributed by atoms with Gasteiger partial charge in [-0.25, -0.2) is 0 Å². The lowest BCUT2D eigenvalue weighted by molar-refractivity contribution is -0.394. The molecule has 1 N–H and O–H groups in total. The molecule has 0 aliphatic carbocycles. The Labute approximate surface area is 252 Å². The molecule has 1 fully saturated rings. The van der Waals surface area contributed by atoms with Gasteiger partial charge in [-0.2, -0.15) is 0 Å². The van der Waals surface area contributed by atoms with Gasteiger partial charge >= 0.3 is 5.69 Å². The number of carbonyl (C=O) groups excluding carboxylic acids is 3. The summed E-state index contributed by atoms with van der Waals surface area (Å²) in [5.74, 6) is -0.258. The lowest BCUT2D eigenvalue weighted by atomic mass is 10.1. The first kappa shape index (κ1) is 29.8. The summed E-state index contributed by atoms with van der Waals surface area (Å²) in [6.07, 6.45) is 1.43. The van der Waals surface area contributed by atoms with Crippen LogP contribution in [0.3, 0.4) is 0 Å². The number of nitro benzene ring substituents is 2. The molecule has 0 saturated carbocycles. The van der Waals surface area contributed by atoms with Gasteiger partial charge in [-0.05, 0) is 60.7 Å². The molecule has 2 heterocycles. The van der Waals surface area contributed by atoms with E-state index >= 15 is 0 Å². The normalized spacial score (nSPS) is 14.8. The largest absolute Gasteiger partial charge is 0.490 e. The molecule has 16 heteroatoms. The number of nitrogens with zero attached hydrogens (tertiary/aromatic N) is 3. The number of ether oxygens (including phenoxy) is 4. The molecule has 3 amide bonds. The smallest absolute Gasteiger partial charge is 0.318 e. The third-order valence-electron chi connectivity index (χ3n) is 6.14. The van der Waals surface area contributed by atoms with Gasteiger partial charge in [0.1, 0.15) is 19.8 Å². The lowest BCUT2D eigenvalue weighted by Gasteiger charge is -2.19. The summed E-state index contributed by atoms with van der Waals surface area (Å²) >= 11 is 0.658. The number of nitro groups is 2. The van der Waals surface area contributed by atoms with Crippen LogP contribution in [0.5, 0.6) is 28.7 Å². The molecule has 0 spiro atoms. The number of hydrogen-bond donors (Lipinski definition) is 1. The van der Waals surface area contributed by atoms with Crippen molar-refractivity contribution < 1.29 is 43.2 Å². The Morgan fingerprint density at radius 2 is 1.73 bits per heavy atom. The van der Waals surface area contributed by atoms with Crippen molar-refractivity contribution in [2.75, 3.05) is 31.7 Å². The van der Waals surface area contributed by atoms with Crippen molar-refractivity contribution in [3.63, 3.8) is 0 Å². The summed E-state index contributed by atoms with van der Waals surface area (Å²) in [6, 6.07) is 12.3. The zero-order valence-corrected chi connectivity index (χ0v) is 23.7. The molecule has 2 aliphatic rings. The monoisotopic (exact) mass is 622 g/mol. The van der Waals surface area contributed by atoms with Crippen LogP contribution in [0.25, 0.3) is 6.08 Å². The van der Waals surface area contributed by atoms with E-state index in [0.29, 0.717) is 47.7 Å². The van der Waals surface area contributed by atoms with Gasteiger partial charge in [-0.1, -0.05) is 6.07 Å². The summed E-state index contributed by atoms with van der Waals surface area (Å²) in [7, 11) is 0. The summed E-state index contributed by atoms with van der Waals surface area (Å²) in [5, 5.41) is 24.5. The van der Waals surface area contributed by atoms with E-state index in [9.17, 15) is 34.6 Å². The average molecular weight is 623 g/mol. The van der Waals surface area contributed by atoms with E-state index in [1.807, 2.05) is 0 Å². The molecule has 2 aliphatic heterocycles. The van der Waals surface area contributed by atoms with Gasteiger partial charge in [0.2, 0.25) is 11.7 Å². The Morgan fingerprint density at radius 3 is 2.45 bits per heavy atom. The number of nitrogens with one attached hydrogen (secondary N) is 1. The topological polar surface area (TPSA) is 190 Å². The second kappa shape index (κ2) is 12.7. The average Bonchev–Trinajstić information content (AvgIpc) is 3.25. The Morgan fingerprint density at radius 1 is 0.977 bits per heavy atom. The second-order valence-corrected chi connectivity index (χ2v) is 10.1. The fourth-order valence-corrected chi connectivity index (χ4v) is 5.03. The number of amides is 3. The fraction of sp³-hybridized carbons (Fsp3) is 0.179. The molecule has 0 atom stereocenters. The zero-order valence-electron chi connectivity index (χ0n) is 22.8. The van der Waals surface area contributed by atoms with Gasteiger partial charge < -0.3 is 24.3 Å². The minimum Gasteiger partial charge on any atom is -0.490 e. The van der Waals surface area contributed by atoms with Crippen molar-refractivity contribution in [2.24, 2.45) is 0 Å². The van der Waals surface area contributed by atoms with Gasteiger partial charge in [0.15, 0.2) is 23.0 Å². The Hall–Kier alpha value is -5.64. The molecule has 3 aromatic carbocycles. The fourth-order valence-electron chi connectivity index (χ4n) is 4.19. The predicted octanol–water partition coefficient (Wildman–Crippen LogP) is 5.14. The number of thioether (sulfide) groups is 1. The molecule has 0 radical (unpaired) electrons. The first-order valence-electron chi connectivity index (χ1n) is 13.0. The highest BCUT2D eigenvalue weighted by molar-refractivity contribution is 8.18. The van der Waals surface area contributed by atoms with Crippen LogP contribution in [0.1, 0.15) is 12.5 Å². The van der Waals surface area contributed by atoms with Crippen molar-refractivity contribution >= 4 is 52.0 Å². The van der Waals surface area contributed by atoms with Crippen LogP contribution in [-0.2, 0) is 9.59 Å². The standard InChI is InChI=1S/C28H22N4O11S/c1-2-40-23-11-16(3-6-22(23)43-20-8-5-18(31(36)37)14-19(20)32(38)39)12-25-27(34)30(28(35)44-25)15-26(33)29-17-4-7-21-24(13-17)42-10-9-41-21/h3-8,11-14H,2,9-10,15H2,1H3,(H,29,33)/b25-12+. The molecule has 15 nitrogen and oxygen atoms in total. The van der Waals surface area contributed by atoms with E-state index in [2.05, 4.69) is 5.32 Å². The van der Waals surface area contributed by atoms with Gasteiger partial charge in [0, 0.05) is 17.8 Å². The highest BCUT2D eigenvalue weighted by Crippen LogP contribution is 2.40. The van der Waals surface area contributed by atoms with Crippen LogP contribution in [0.15, 0.2) is 59.5 Å². The molecular formula is C28H22N4O11S. The maximum Gasteiger partial charge on any atom is 0.318 e. The summed E-state index contributed by atoms with van der Waals surface area (Å²) < 4.78 is 22.3. The van der Waals surface area contributed by atoms with E-state index in [0.717, 1.165) is 23.1 Å². The predicted molar refractivity (Wildman–Crippen MR) is 156 cm³/mol. The number of fused-ring (bicyclic) bond motifs is 1. The first-order chi connectivity index (χ1) is 21.1. The van der Waals surface area contributed by atoms with E-state index in [1.54, 1.807) is 25.1 Å². The van der Waals surface area contributed by atoms with Crippen LogP contribution in [0.2, 0.25) is 0 Å². The second-order valence-electron chi connectivity index (χ2n) is 9.08. The van der Waals surface area contributed by atoms with E-state index in [1.165, 1.54) is 24.3 Å². The maximum atomic E-state index is 13.0. The number of anilines is 1. The Kier molecular flexibility index (Phi) is 8.61. The lowest BCUT2D eigenvalue weighted by Crippen LogP contribution is -2.36. The molecule has 0 unspecified atom stereocenters. The Balaban J connectivity index is 1.30. The van der Waals surface area contributed by atoms with Gasteiger partial charge in [-0.15, -0.1) is 0 Å². The van der Waals surface area contributed by atoms with Crippen molar-refractivity contribution in [3.05, 3.63) is 85.3 Å². The van der Waals surface area contributed by atoms with E-state index in [-0.39, 0.29) is 28.8 Å². The summed E-state index contributed by atoms with van der Waals surface area (Å²) in [4.78, 5) is 60.1. The van der Waals surface area contributed by atoms with Crippen LogP contribution in [-0.4, -0.2) is 58.2 Å². The molecular weight excluding hydrogens is 600 g/mol. The molecule has 3 aromatic rings. The van der Waals surface area contributed by atoms with Crippen LogP contribution < -0.4 is 24.3 Å². The van der Waals surface area contributed by atoms with Crippen LogP contribution in [0.4, 0.5) is 21.9 Å². The highest BCUT2D eigenvalue weighted by atomic mass is 32.2. The van der Waals surface area contributed by atoms with Crippen molar-refractivity contribution in [3.8, 4) is 28.7 Å². The number of non-ortho nitro benzene ring substituents is 1. The number of carbonyl (C=O) groups is 3. The number of benzene rings is 3. The zero-order chi connectivity index (χ0) is 31.4. The quantitative estimate of drug-likeness (QED) is 0.178. The first-order valence-corrected chi connectivity index (χ1v) is 13.8. The van der Waals surface area contributed by atoms with Crippen molar-refractivity contribution in [1.82, 2.24) is 4.90 Å². The van der Waals surface area contributed by atoms with Crippen LogP contribution >= 0.6 is 11.8 Å². The molecule has 1 saturated heterocycles. The van der Waals surface area contributed by atoms with Gasteiger partial charge in [-0.3, -0.25) is 39.5 Å². The van der Waals surface area contributed by atoms with E-state index in [4.69, 9.17) is 18.9 Å². The minimum absolute atomic E-state index is 0.0595. The van der Waals surface area contributed by atoms with Gasteiger partial charge in [0.05, 0.1) is 27.4 Å². The summed E-state index contributed by atoms with van der Waals surface area (Å²) in [5.41, 5.74) is -0.242. The highest BCUT2D eigenvalue weighted by Gasteiger charge is 2.36. The molecule has 0 bridgehead atoms.